The molecule has 8 heteroatoms. The van der Waals surface area contributed by atoms with Crippen LogP contribution in [0.1, 0.15) is 32.3 Å². The smallest absolute Gasteiger partial charge is 0.303 e. The zero-order valence-electron chi connectivity index (χ0n) is 14.6. The van der Waals surface area contributed by atoms with Crippen LogP contribution in [0.15, 0.2) is 30.3 Å². The second-order valence-corrected chi connectivity index (χ2v) is 8.59. The van der Waals surface area contributed by atoms with E-state index in [4.69, 9.17) is 9.84 Å². The lowest BCUT2D eigenvalue weighted by atomic mass is 10.0. The van der Waals surface area contributed by atoms with Crippen molar-refractivity contribution in [3.05, 3.63) is 35.9 Å². The summed E-state index contributed by atoms with van der Waals surface area (Å²) in [4.78, 5) is 10.9. The van der Waals surface area contributed by atoms with Gasteiger partial charge in [0.2, 0.25) is 0 Å². The first-order chi connectivity index (χ1) is 11.7. The number of ether oxygens (including phenoxy) is 1. The molecule has 0 saturated carbocycles. The van der Waals surface area contributed by atoms with Gasteiger partial charge in [0.1, 0.15) is 0 Å². The third kappa shape index (κ3) is 6.39. The highest BCUT2D eigenvalue weighted by Crippen LogP contribution is 2.19. The summed E-state index contributed by atoms with van der Waals surface area (Å²) in [5, 5.41) is 8.94. The molecule has 0 aromatic heterocycles. The van der Waals surface area contributed by atoms with E-state index in [1.165, 1.54) is 4.31 Å². The Morgan fingerprint density at radius 2 is 2.04 bits per heavy atom. The number of nitrogens with zero attached hydrogens (tertiary/aromatic N) is 1. The number of aliphatic carboxylic acids is 1. The Morgan fingerprint density at radius 3 is 2.64 bits per heavy atom. The van der Waals surface area contributed by atoms with Gasteiger partial charge in [0.15, 0.2) is 0 Å². The molecule has 1 aliphatic rings. The predicted molar refractivity (Wildman–Crippen MR) is 94.5 cm³/mol. The van der Waals surface area contributed by atoms with Gasteiger partial charge in [-0.2, -0.15) is 17.4 Å². The van der Waals surface area contributed by atoms with Crippen LogP contribution in [0.25, 0.3) is 0 Å². The third-order valence-corrected chi connectivity index (χ3v) is 5.70. The van der Waals surface area contributed by atoms with E-state index in [9.17, 15) is 13.2 Å². The zero-order valence-corrected chi connectivity index (χ0v) is 15.5. The van der Waals surface area contributed by atoms with Crippen molar-refractivity contribution in [3.8, 4) is 0 Å². The molecule has 0 spiro atoms. The molecule has 2 rings (SSSR count). The monoisotopic (exact) mass is 370 g/mol. The van der Waals surface area contributed by atoms with Gasteiger partial charge in [0.05, 0.1) is 12.2 Å². The summed E-state index contributed by atoms with van der Waals surface area (Å²) in [5.41, 5.74) is 0.422. The average molecular weight is 370 g/mol. The molecule has 0 amide bonds. The maximum Gasteiger partial charge on any atom is 0.303 e. The van der Waals surface area contributed by atoms with Gasteiger partial charge >= 0.3 is 5.97 Å². The maximum absolute atomic E-state index is 12.7. The molecule has 1 fully saturated rings. The molecule has 1 aliphatic heterocycles. The molecule has 2 N–H and O–H groups in total. The van der Waals surface area contributed by atoms with E-state index in [1.807, 2.05) is 44.2 Å². The van der Waals surface area contributed by atoms with Gasteiger partial charge in [-0.1, -0.05) is 30.3 Å². The predicted octanol–water partition coefficient (Wildman–Crippen LogP) is 1.41. The Bertz CT molecular complexity index is 676. The van der Waals surface area contributed by atoms with E-state index in [-0.39, 0.29) is 25.9 Å². The van der Waals surface area contributed by atoms with Gasteiger partial charge < -0.3 is 9.84 Å². The summed E-state index contributed by atoms with van der Waals surface area (Å²) < 4.78 is 35.1. The first-order valence-corrected chi connectivity index (χ1v) is 9.79. The molecule has 1 saturated heterocycles. The highest BCUT2D eigenvalue weighted by Gasteiger charge is 2.35. The molecule has 0 radical (unpaired) electrons. The largest absolute Gasteiger partial charge is 0.481 e. The van der Waals surface area contributed by atoms with E-state index in [0.29, 0.717) is 13.0 Å². The van der Waals surface area contributed by atoms with Gasteiger partial charge in [-0.15, -0.1) is 0 Å². The molecular formula is C17H26N2O5S. The first kappa shape index (κ1) is 19.8. The number of morpholine rings is 1. The maximum atomic E-state index is 12.7. The van der Waals surface area contributed by atoms with Crippen molar-refractivity contribution in [3.63, 3.8) is 0 Å². The van der Waals surface area contributed by atoms with E-state index < -0.39 is 27.8 Å². The van der Waals surface area contributed by atoms with Crippen LogP contribution in [0.3, 0.4) is 0 Å². The Morgan fingerprint density at radius 1 is 1.36 bits per heavy atom. The van der Waals surface area contributed by atoms with Crippen molar-refractivity contribution >= 4 is 16.2 Å². The summed E-state index contributed by atoms with van der Waals surface area (Å²) in [6.45, 7) is 4.59. The SMILES string of the molecule is CC1(C)CN(S(=O)(=O)NC(CCC(=O)O)Cc2ccccc2)CCO1. The fourth-order valence-electron chi connectivity index (χ4n) is 2.86. The summed E-state index contributed by atoms with van der Waals surface area (Å²) in [6.07, 6.45) is 0.590. The Balaban J connectivity index is 2.09. The van der Waals surface area contributed by atoms with Crippen LogP contribution in [-0.2, 0) is 26.2 Å². The quantitative estimate of drug-likeness (QED) is 0.721. The highest BCUT2D eigenvalue weighted by molar-refractivity contribution is 7.87. The minimum atomic E-state index is -3.71. The molecule has 1 unspecified atom stereocenters. The molecule has 1 aromatic rings. The van der Waals surface area contributed by atoms with Crippen LogP contribution < -0.4 is 4.72 Å². The minimum absolute atomic E-state index is 0.0887. The van der Waals surface area contributed by atoms with Crippen molar-refractivity contribution in [1.82, 2.24) is 9.03 Å². The topological polar surface area (TPSA) is 95.9 Å². The number of carboxylic acid groups (broad SMARTS) is 1. The van der Waals surface area contributed by atoms with Crippen LogP contribution in [0, 0.1) is 0 Å². The van der Waals surface area contributed by atoms with Gasteiger partial charge in [0, 0.05) is 25.6 Å². The number of benzene rings is 1. The van der Waals surface area contributed by atoms with E-state index >= 15 is 0 Å². The summed E-state index contributed by atoms with van der Waals surface area (Å²) in [5.74, 6) is -0.940. The Kier molecular flexibility index (Phi) is 6.56. The highest BCUT2D eigenvalue weighted by atomic mass is 32.2. The van der Waals surface area contributed by atoms with Crippen LogP contribution in [0.2, 0.25) is 0 Å². The number of rotatable bonds is 8. The number of nitrogens with one attached hydrogen (secondary N) is 1. The molecule has 25 heavy (non-hydrogen) atoms. The molecule has 7 nitrogen and oxygen atoms in total. The average Bonchev–Trinajstić information content (AvgIpc) is 2.52. The van der Waals surface area contributed by atoms with Crippen LogP contribution >= 0.6 is 0 Å². The third-order valence-electron chi connectivity index (χ3n) is 4.08. The number of hydrogen-bond donors (Lipinski definition) is 2. The van der Waals surface area contributed by atoms with Crippen molar-refractivity contribution < 1.29 is 23.1 Å². The number of carbonyl (C=O) groups is 1. The number of carboxylic acids is 1. The van der Waals surface area contributed by atoms with Crippen LogP contribution in [0.4, 0.5) is 0 Å². The van der Waals surface area contributed by atoms with Gasteiger partial charge in [-0.25, -0.2) is 0 Å². The second-order valence-electron chi connectivity index (χ2n) is 6.88. The standard InChI is InChI=1S/C17H26N2O5S/c1-17(2)13-19(10-11-24-17)25(22,23)18-15(8-9-16(20)21)12-14-6-4-3-5-7-14/h3-7,15,18H,8-13H2,1-2H3,(H,20,21). The van der Waals surface area contributed by atoms with Gasteiger partial charge in [-0.05, 0) is 32.3 Å². The second kappa shape index (κ2) is 8.27. The van der Waals surface area contributed by atoms with E-state index in [1.54, 1.807) is 0 Å². The lowest BCUT2D eigenvalue weighted by Crippen LogP contribution is -2.55. The lowest BCUT2D eigenvalue weighted by molar-refractivity contribution is -0.137. The van der Waals surface area contributed by atoms with Gasteiger partial charge in [-0.3, -0.25) is 4.79 Å². The Hall–Kier alpha value is -1.48. The molecule has 0 aliphatic carbocycles. The van der Waals surface area contributed by atoms with Crippen molar-refractivity contribution in [1.29, 1.82) is 0 Å². The fourth-order valence-corrected chi connectivity index (χ4v) is 4.43. The minimum Gasteiger partial charge on any atom is -0.481 e. The Labute approximate surface area is 149 Å². The summed E-state index contributed by atoms with van der Waals surface area (Å²) in [7, 11) is -3.71. The van der Waals surface area contributed by atoms with Crippen molar-refractivity contribution in [2.75, 3.05) is 19.7 Å². The summed E-state index contributed by atoms with van der Waals surface area (Å²) in [6, 6.07) is 8.97. The molecular weight excluding hydrogens is 344 g/mol. The number of hydrogen-bond acceptors (Lipinski definition) is 4. The first-order valence-electron chi connectivity index (χ1n) is 8.35. The van der Waals surface area contributed by atoms with Crippen LogP contribution in [0.5, 0.6) is 0 Å². The van der Waals surface area contributed by atoms with Crippen molar-refractivity contribution in [2.45, 2.75) is 44.8 Å². The van der Waals surface area contributed by atoms with Crippen LogP contribution in [-0.4, -0.2) is 55.1 Å². The summed E-state index contributed by atoms with van der Waals surface area (Å²) >= 11 is 0. The van der Waals surface area contributed by atoms with E-state index in [2.05, 4.69) is 4.72 Å². The molecule has 140 valence electrons. The van der Waals surface area contributed by atoms with Gasteiger partial charge in [0.25, 0.3) is 10.2 Å². The van der Waals surface area contributed by atoms with E-state index in [0.717, 1.165) is 5.56 Å². The molecule has 1 aromatic carbocycles. The zero-order chi connectivity index (χ0) is 18.5. The normalized spacial score (nSPS) is 19.4. The fraction of sp³-hybridized carbons (Fsp3) is 0.588. The molecule has 0 bridgehead atoms. The lowest BCUT2D eigenvalue weighted by Gasteiger charge is -2.37. The molecule has 1 heterocycles. The van der Waals surface area contributed by atoms with Crippen molar-refractivity contribution in [2.24, 2.45) is 0 Å². The molecule has 1 atom stereocenters.